The fraction of sp³-hybridized carbons (Fsp3) is 0.917. The summed E-state index contributed by atoms with van der Waals surface area (Å²) >= 11 is 0. The molecule has 2 aliphatic carbocycles. The predicted octanol–water partition coefficient (Wildman–Crippen LogP) is 0.0210. The molecule has 3 fully saturated rings. The number of nitrogens with zero attached hydrogens (tertiary/aromatic N) is 1. The van der Waals surface area contributed by atoms with Gasteiger partial charge >= 0.3 is 0 Å². The lowest BCUT2D eigenvalue weighted by molar-refractivity contribution is -0.174. The molecule has 0 bridgehead atoms. The molecule has 5 atom stereocenters. The Hall–Kier alpha value is -0.670. The number of aliphatic hydroxyl groups excluding tert-OH is 2. The molecule has 0 amide bonds. The van der Waals surface area contributed by atoms with Gasteiger partial charge in [0.2, 0.25) is 0 Å². The lowest BCUT2D eigenvalue weighted by Gasteiger charge is -2.33. The summed E-state index contributed by atoms with van der Waals surface area (Å²) in [5.41, 5.74) is 0. The molecule has 0 aromatic heterocycles. The Bertz CT molecular complexity index is 347. The van der Waals surface area contributed by atoms with Crippen LogP contribution in [0.3, 0.4) is 0 Å². The molecule has 1 heterocycles. The number of nitriles is 1. The van der Waals surface area contributed by atoms with Crippen LogP contribution in [0.2, 0.25) is 0 Å². The van der Waals surface area contributed by atoms with E-state index in [1.165, 1.54) is 0 Å². The number of fused-ring (bicyclic) bond motifs is 1. The van der Waals surface area contributed by atoms with Gasteiger partial charge in [-0.3, -0.25) is 0 Å². The van der Waals surface area contributed by atoms with Crippen molar-refractivity contribution in [2.45, 2.75) is 37.3 Å². The van der Waals surface area contributed by atoms with E-state index in [2.05, 4.69) is 6.07 Å². The molecule has 0 unspecified atom stereocenters. The number of aliphatic hydroxyl groups is 2. The van der Waals surface area contributed by atoms with E-state index in [0.717, 1.165) is 0 Å². The second kappa shape index (κ2) is 3.92. The van der Waals surface area contributed by atoms with Crippen LogP contribution in [0.4, 0.5) is 0 Å². The van der Waals surface area contributed by atoms with Crippen LogP contribution in [-0.4, -0.2) is 41.4 Å². The van der Waals surface area contributed by atoms with Crippen molar-refractivity contribution in [3.8, 4) is 6.07 Å². The van der Waals surface area contributed by atoms with Gasteiger partial charge in [0.25, 0.3) is 0 Å². The molecule has 3 rings (SSSR count). The van der Waals surface area contributed by atoms with E-state index < -0.39 is 18.0 Å². The molecule has 0 aromatic carbocycles. The SMILES string of the molecule is N#C[C@H]1[C@@H]2C[C@@H](O)[C@@H](O)C[C@@H]2CC12OCCO2. The summed E-state index contributed by atoms with van der Waals surface area (Å²) in [4.78, 5) is 0. The van der Waals surface area contributed by atoms with Gasteiger partial charge in [0, 0.05) is 6.42 Å². The molecule has 2 N–H and O–H groups in total. The van der Waals surface area contributed by atoms with Gasteiger partial charge in [-0.2, -0.15) is 5.26 Å². The highest BCUT2D eigenvalue weighted by Gasteiger charge is 2.59. The van der Waals surface area contributed by atoms with E-state index in [4.69, 9.17) is 9.47 Å². The first-order chi connectivity index (χ1) is 8.16. The maximum absolute atomic E-state index is 9.73. The van der Waals surface area contributed by atoms with Gasteiger partial charge < -0.3 is 19.7 Å². The number of hydrogen-bond donors (Lipinski definition) is 2. The molecule has 1 saturated heterocycles. The average molecular weight is 239 g/mol. The quantitative estimate of drug-likeness (QED) is 0.622. The highest BCUT2D eigenvalue weighted by molar-refractivity contribution is 5.10. The van der Waals surface area contributed by atoms with Gasteiger partial charge in [-0.05, 0) is 24.7 Å². The highest BCUT2D eigenvalue weighted by atomic mass is 16.7. The molecular formula is C12H17NO4. The second-order valence-electron chi connectivity index (χ2n) is 5.35. The molecule has 2 saturated carbocycles. The van der Waals surface area contributed by atoms with Crippen LogP contribution < -0.4 is 0 Å². The second-order valence-corrected chi connectivity index (χ2v) is 5.35. The lowest BCUT2D eigenvalue weighted by Crippen LogP contribution is -2.40. The van der Waals surface area contributed by atoms with Crippen LogP contribution in [0, 0.1) is 29.1 Å². The van der Waals surface area contributed by atoms with Gasteiger partial charge in [-0.1, -0.05) is 0 Å². The predicted molar refractivity (Wildman–Crippen MR) is 56.6 cm³/mol. The smallest absolute Gasteiger partial charge is 0.184 e. The summed E-state index contributed by atoms with van der Waals surface area (Å²) in [6.45, 7) is 1.06. The maximum atomic E-state index is 9.73. The zero-order chi connectivity index (χ0) is 12.0. The fourth-order valence-electron chi connectivity index (χ4n) is 3.69. The Morgan fingerprint density at radius 1 is 1.12 bits per heavy atom. The first-order valence-corrected chi connectivity index (χ1v) is 6.20. The number of hydrogen-bond acceptors (Lipinski definition) is 5. The molecule has 3 aliphatic rings. The third-order valence-corrected chi connectivity index (χ3v) is 4.47. The Balaban J connectivity index is 1.87. The van der Waals surface area contributed by atoms with Crippen molar-refractivity contribution in [1.82, 2.24) is 0 Å². The number of rotatable bonds is 0. The summed E-state index contributed by atoms with van der Waals surface area (Å²) in [6.07, 6.45) is 0.284. The van der Waals surface area contributed by atoms with Crippen LogP contribution in [0.15, 0.2) is 0 Å². The largest absolute Gasteiger partial charge is 0.390 e. The fourth-order valence-corrected chi connectivity index (χ4v) is 3.69. The van der Waals surface area contributed by atoms with E-state index in [0.29, 0.717) is 32.5 Å². The molecule has 1 aliphatic heterocycles. The summed E-state index contributed by atoms with van der Waals surface area (Å²) in [7, 11) is 0. The minimum Gasteiger partial charge on any atom is -0.390 e. The van der Waals surface area contributed by atoms with E-state index in [1.807, 2.05) is 0 Å². The third kappa shape index (κ3) is 1.59. The molecule has 5 nitrogen and oxygen atoms in total. The lowest BCUT2D eigenvalue weighted by atomic mass is 9.75. The molecule has 0 aromatic rings. The van der Waals surface area contributed by atoms with Crippen LogP contribution in [-0.2, 0) is 9.47 Å². The average Bonchev–Trinajstić information content (AvgIpc) is 2.85. The van der Waals surface area contributed by atoms with Crippen molar-refractivity contribution >= 4 is 0 Å². The maximum Gasteiger partial charge on any atom is 0.184 e. The molecule has 0 radical (unpaired) electrons. The van der Waals surface area contributed by atoms with Crippen molar-refractivity contribution in [3.63, 3.8) is 0 Å². The first kappa shape index (κ1) is 11.4. The summed E-state index contributed by atoms with van der Waals surface area (Å²) in [5, 5.41) is 28.8. The Kier molecular flexibility index (Phi) is 2.64. The van der Waals surface area contributed by atoms with Gasteiger partial charge in [-0.25, -0.2) is 0 Å². The Morgan fingerprint density at radius 2 is 1.76 bits per heavy atom. The van der Waals surface area contributed by atoms with Crippen LogP contribution in [0.25, 0.3) is 0 Å². The molecule has 1 spiro atoms. The number of ether oxygens (including phenoxy) is 2. The molecule has 17 heavy (non-hydrogen) atoms. The van der Waals surface area contributed by atoms with E-state index in [1.54, 1.807) is 0 Å². The first-order valence-electron chi connectivity index (χ1n) is 6.20. The van der Waals surface area contributed by atoms with Gasteiger partial charge in [0.15, 0.2) is 5.79 Å². The van der Waals surface area contributed by atoms with Crippen LogP contribution in [0.1, 0.15) is 19.3 Å². The van der Waals surface area contributed by atoms with Crippen molar-refractivity contribution in [3.05, 3.63) is 0 Å². The minimum atomic E-state index is -0.770. The van der Waals surface area contributed by atoms with Crippen molar-refractivity contribution in [1.29, 1.82) is 5.26 Å². The monoisotopic (exact) mass is 239 g/mol. The van der Waals surface area contributed by atoms with E-state index in [9.17, 15) is 15.5 Å². The zero-order valence-electron chi connectivity index (χ0n) is 9.58. The van der Waals surface area contributed by atoms with Gasteiger partial charge in [0.1, 0.15) is 5.92 Å². The summed E-state index contributed by atoms with van der Waals surface area (Å²) in [6, 6.07) is 2.29. The molecular weight excluding hydrogens is 222 g/mol. The van der Waals surface area contributed by atoms with E-state index >= 15 is 0 Å². The van der Waals surface area contributed by atoms with Crippen molar-refractivity contribution < 1.29 is 19.7 Å². The third-order valence-electron chi connectivity index (χ3n) is 4.47. The Labute approximate surface area is 99.9 Å². The van der Waals surface area contributed by atoms with Crippen LogP contribution in [0.5, 0.6) is 0 Å². The van der Waals surface area contributed by atoms with Crippen molar-refractivity contribution in [2.75, 3.05) is 13.2 Å². The standard InChI is InChI=1S/C12H17NO4/c13-6-9-8-4-11(15)10(14)3-7(8)5-12(9)16-1-2-17-12/h7-11,14-15H,1-5H2/t7-,8-,9+,10+,11-/m1/s1. The summed E-state index contributed by atoms with van der Waals surface area (Å²) in [5.74, 6) is -0.793. The topological polar surface area (TPSA) is 82.7 Å². The molecule has 94 valence electrons. The highest BCUT2D eigenvalue weighted by Crippen LogP contribution is 2.54. The zero-order valence-corrected chi connectivity index (χ0v) is 9.58. The van der Waals surface area contributed by atoms with E-state index in [-0.39, 0.29) is 17.8 Å². The minimum absolute atomic E-state index is 0.0801. The summed E-state index contributed by atoms with van der Waals surface area (Å²) < 4.78 is 11.3. The van der Waals surface area contributed by atoms with Gasteiger partial charge in [0.05, 0.1) is 31.5 Å². The Morgan fingerprint density at radius 3 is 2.41 bits per heavy atom. The van der Waals surface area contributed by atoms with Gasteiger partial charge in [-0.15, -0.1) is 0 Å². The van der Waals surface area contributed by atoms with Crippen LogP contribution >= 0.6 is 0 Å². The van der Waals surface area contributed by atoms with Crippen molar-refractivity contribution in [2.24, 2.45) is 17.8 Å². The molecule has 5 heteroatoms. The normalized spacial score (nSPS) is 47.9.